The van der Waals surface area contributed by atoms with Gasteiger partial charge in [-0.3, -0.25) is 4.72 Å². The van der Waals surface area contributed by atoms with Crippen LogP contribution in [-0.4, -0.2) is 31.8 Å². The number of thioether (sulfide) groups is 1. The summed E-state index contributed by atoms with van der Waals surface area (Å²) < 4.78 is 33.8. The van der Waals surface area contributed by atoms with Crippen molar-refractivity contribution in [3.05, 3.63) is 42.2 Å². The summed E-state index contributed by atoms with van der Waals surface area (Å²) in [7, 11) is -2.18. The van der Waals surface area contributed by atoms with E-state index in [0.717, 1.165) is 4.90 Å². The number of nitrogens with one attached hydrogen (secondary N) is 1. The van der Waals surface area contributed by atoms with E-state index < -0.39 is 16.0 Å². The number of hydrogen-bond donors (Lipinski definition) is 1. The van der Waals surface area contributed by atoms with Gasteiger partial charge in [-0.15, -0.1) is 11.8 Å². The number of aryl methyl sites for hydroxylation is 1. The molecule has 0 unspecified atom stereocenters. The molecule has 2 aromatic rings. The Morgan fingerprint density at radius 1 is 1.35 bits per heavy atom. The molecule has 0 aliphatic carbocycles. The first-order valence-electron chi connectivity index (χ1n) is 6.87. The minimum Gasteiger partial charge on any atom is -0.461 e. The third-order valence-corrected chi connectivity index (χ3v) is 5.17. The van der Waals surface area contributed by atoms with Crippen molar-refractivity contribution in [2.75, 3.05) is 17.6 Å². The summed E-state index contributed by atoms with van der Waals surface area (Å²) in [4.78, 5) is 12.7. The maximum atomic E-state index is 12.5. The fourth-order valence-electron chi connectivity index (χ4n) is 1.99. The maximum absolute atomic E-state index is 12.5. The lowest BCUT2D eigenvalue weighted by atomic mass is 10.3. The smallest absolute Gasteiger partial charge is 0.354 e. The molecule has 2 rings (SSSR count). The van der Waals surface area contributed by atoms with E-state index in [2.05, 4.69) is 4.72 Å². The predicted molar refractivity (Wildman–Crippen MR) is 90.4 cm³/mol. The predicted octanol–water partition coefficient (Wildman–Crippen LogP) is 2.72. The standard InChI is InChI=1S/C15H18N2O4S2/c1-4-21-15(18)14-9-13(10-17(14)2)23(19,20)16-11-6-5-7-12(8-11)22-3/h5-10,16H,4H2,1-3H3. The minimum atomic E-state index is -3.78. The largest absolute Gasteiger partial charge is 0.461 e. The number of aromatic nitrogens is 1. The van der Waals surface area contributed by atoms with Gasteiger partial charge in [-0.25, -0.2) is 13.2 Å². The molecule has 0 fully saturated rings. The summed E-state index contributed by atoms with van der Waals surface area (Å²) in [5, 5.41) is 0. The lowest BCUT2D eigenvalue weighted by molar-refractivity contribution is 0.0515. The molecular weight excluding hydrogens is 336 g/mol. The van der Waals surface area contributed by atoms with Crippen molar-refractivity contribution in [3.63, 3.8) is 0 Å². The molecule has 1 aromatic carbocycles. The van der Waals surface area contributed by atoms with Gasteiger partial charge in [0.25, 0.3) is 10.0 Å². The summed E-state index contributed by atoms with van der Waals surface area (Å²) in [5.41, 5.74) is 0.656. The summed E-state index contributed by atoms with van der Waals surface area (Å²) in [6, 6.07) is 8.39. The second-order valence-electron chi connectivity index (χ2n) is 4.73. The summed E-state index contributed by atoms with van der Waals surface area (Å²) in [5.74, 6) is -0.555. The van der Waals surface area contributed by atoms with Crippen LogP contribution in [0.3, 0.4) is 0 Å². The lowest BCUT2D eigenvalue weighted by Crippen LogP contribution is -2.12. The van der Waals surface area contributed by atoms with Gasteiger partial charge in [0.2, 0.25) is 0 Å². The second-order valence-corrected chi connectivity index (χ2v) is 7.29. The Morgan fingerprint density at radius 3 is 2.74 bits per heavy atom. The Balaban J connectivity index is 2.29. The van der Waals surface area contributed by atoms with Gasteiger partial charge in [0.05, 0.1) is 6.61 Å². The van der Waals surface area contributed by atoms with Crippen molar-refractivity contribution in [1.29, 1.82) is 0 Å². The van der Waals surface area contributed by atoms with Crippen molar-refractivity contribution in [3.8, 4) is 0 Å². The number of ether oxygens (including phenoxy) is 1. The van der Waals surface area contributed by atoms with Crippen molar-refractivity contribution < 1.29 is 17.9 Å². The highest BCUT2D eigenvalue weighted by Gasteiger charge is 2.21. The highest BCUT2D eigenvalue weighted by Crippen LogP contribution is 2.22. The van der Waals surface area contributed by atoms with E-state index in [1.807, 2.05) is 12.3 Å². The number of carbonyl (C=O) groups excluding carboxylic acids is 1. The van der Waals surface area contributed by atoms with E-state index in [0.29, 0.717) is 5.69 Å². The molecule has 1 N–H and O–H groups in total. The summed E-state index contributed by atoms with van der Waals surface area (Å²) in [6.45, 7) is 1.92. The summed E-state index contributed by atoms with van der Waals surface area (Å²) >= 11 is 1.52. The molecule has 0 amide bonds. The molecule has 6 nitrogen and oxygen atoms in total. The van der Waals surface area contributed by atoms with Gasteiger partial charge >= 0.3 is 5.97 Å². The molecule has 124 valence electrons. The van der Waals surface area contributed by atoms with Crippen LogP contribution in [0, 0.1) is 0 Å². The molecule has 0 saturated carbocycles. The Hall–Kier alpha value is -1.93. The van der Waals surface area contributed by atoms with Crippen molar-refractivity contribution in [2.24, 2.45) is 7.05 Å². The van der Waals surface area contributed by atoms with Gasteiger partial charge in [-0.2, -0.15) is 0 Å². The first-order valence-corrected chi connectivity index (χ1v) is 9.58. The maximum Gasteiger partial charge on any atom is 0.354 e. The molecule has 0 bridgehead atoms. The number of carbonyl (C=O) groups is 1. The highest BCUT2D eigenvalue weighted by molar-refractivity contribution is 7.98. The first kappa shape index (κ1) is 17.4. The van der Waals surface area contributed by atoms with E-state index in [-0.39, 0.29) is 17.2 Å². The van der Waals surface area contributed by atoms with Crippen LogP contribution in [0.25, 0.3) is 0 Å². The van der Waals surface area contributed by atoms with Crippen LogP contribution < -0.4 is 4.72 Å². The van der Waals surface area contributed by atoms with Gasteiger partial charge in [-0.05, 0) is 37.4 Å². The van der Waals surface area contributed by atoms with Crippen molar-refractivity contribution in [2.45, 2.75) is 16.7 Å². The van der Waals surface area contributed by atoms with E-state index in [4.69, 9.17) is 4.74 Å². The molecule has 0 radical (unpaired) electrons. The molecule has 0 aliphatic heterocycles. The van der Waals surface area contributed by atoms with Gasteiger partial charge in [0, 0.05) is 23.8 Å². The fraction of sp³-hybridized carbons (Fsp3) is 0.267. The lowest BCUT2D eigenvalue weighted by Gasteiger charge is -2.07. The van der Waals surface area contributed by atoms with E-state index in [1.54, 1.807) is 32.2 Å². The average molecular weight is 354 g/mol. The highest BCUT2D eigenvalue weighted by atomic mass is 32.2. The van der Waals surface area contributed by atoms with Crippen LogP contribution in [0.15, 0.2) is 46.3 Å². The number of rotatable bonds is 6. The van der Waals surface area contributed by atoms with Crippen LogP contribution >= 0.6 is 11.8 Å². The monoisotopic (exact) mass is 354 g/mol. The average Bonchev–Trinajstić information content (AvgIpc) is 2.90. The molecule has 0 atom stereocenters. The number of anilines is 1. The number of nitrogens with zero attached hydrogens (tertiary/aromatic N) is 1. The molecule has 1 heterocycles. The molecule has 0 aliphatic rings. The van der Waals surface area contributed by atoms with Gasteiger partial charge < -0.3 is 9.30 Å². The number of sulfonamides is 1. The number of hydrogen-bond acceptors (Lipinski definition) is 5. The van der Waals surface area contributed by atoms with Crippen LogP contribution in [-0.2, 0) is 21.8 Å². The third-order valence-electron chi connectivity index (χ3n) is 3.10. The molecule has 8 heteroatoms. The molecular formula is C15H18N2O4S2. The summed E-state index contributed by atoms with van der Waals surface area (Å²) in [6.07, 6.45) is 3.30. The molecule has 1 aromatic heterocycles. The van der Waals surface area contributed by atoms with Crippen LogP contribution in [0.1, 0.15) is 17.4 Å². The van der Waals surface area contributed by atoms with Crippen LogP contribution in [0.2, 0.25) is 0 Å². The Bertz CT molecular complexity index is 813. The zero-order chi connectivity index (χ0) is 17.0. The number of esters is 1. The van der Waals surface area contributed by atoms with Gasteiger partial charge in [0.15, 0.2) is 0 Å². The molecule has 0 spiro atoms. The number of benzene rings is 1. The van der Waals surface area contributed by atoms with E-state index in [9.17, 15) is 13.2 Å². The Morgan fingerprint density at radius 2 is 2.09 bits per heavy atom. The Kier molecular flexibility index (Phi) is 5.38. The molecule has 0 saturated heterocycles. The van der Waals surface area contributed by atoms with Crippen LogP contribution in [0.4, 0.5) is 5.69 Å². The van der Waals surface area contributed by atoms with Crippen molar-refractivity contribution >= 4 is 33.4 Å². The SMILES string of the molecule is CCOC(=O)c1cc(S(=O)(=O)Nc2cccc(SC)c2)cn1C. The van der Waals surface area contributed by atoms with Gasteiger partial charge in [-0.1, -0.05) is 6.07 Å². The quantitative estimate of drug-likeness (QED) is 0.637. The minimum absolute atomic E-state index is 0.0117. The van der Waals surface area contributed by atoms with E-state index >= 15 is 0 Å². The Labute approximate surface area is 139 Å². The fourth-order valence-corrected chi connectivity index (χ4v) is 3.57. The third kappa shape index (κ3) is 4.08. The zero-order valence-corrected chi connectivity index (χ0v) is 14.7. The second kappa shape index (κ2) is 7.10. The molecule has 23 heavy (non-hydrogen) atoms. The van der Waals surface area contributed by atoms with Gasteiger partial charge in [0.1, 0.15) is 10.6 Å². The van der Waals surface area contributed by atoms with Crippen LogP contribution in [0.5, 0.6) is 0 Å². The topological polar surface area (TPSA) is 77.4 Å². The van der Waals surface area contributed by atoms with Crippen molar-refractivity contribution in [1.82, 2.24) is 4.57 Å². The zero-order valence-electron chi connectivity index (χ0n) is 13.1. The normalized spacial score (nSPS) is 11.3. The van der Waals surface area contributed by atoms with E-state index in [1.165, 1.54) is 28.6 Å². The first-order chi connectivity index (χ1) is 10.9.